The molecule has 2 rings (SSSR count). The van der Waals surface area contributed by atoms with Gasteiger partial charge in [-0.2, -0.15) is 0 Å². The quantitative estimate of drug-likeness (QED) is 0.757. The molecule has 0 spiro atoms. The predicted molar refractivity (Wildman–Crippen MR) is 85.6 cm³/mol. The van der Waals surface area contributed by atoms with Crippen molar-refractivity contribution in [3.05, 3.63) is 28.5 Å². The molecule has 0 amide bonds. The van der Waals surface area contributed by atoms with Gasteiger partial charge in [-0.05, 0) is 46.3 Å². The van der Waals surface area contributed by atoms with Crippen LogP contribution in [0.2, 0.25) is 0 Å². The molecule has 0 saturated heterocycles. The minimum atomic E-state index is 0.215. The molecule has 20 heavy (non-hydrogen) atoms. The summed E-state index contributed by atoms with van der Waals surface area (Å²) in [7, 11) is 0. The molecular formula is C15H22BrN3O. The Bertz CT molecular complexity index is 567. The van der Waals surface area contributed by atoms with Gasteiger partial charge in [0.15, 0.2) is 0 Å². The lowest BCUT2D eigenvalue weighted by molar-refractivity contribution is 0.183. The molecule has 0 aromatic carbocycles. The van der Waals surface area contributed by atoms with E-state index in [1.165, 1.54) is 5.56 Å². The first-order chi connectivity index (χ1) is 9.52. The third-order valence-corrected chi connectivity index (χ3v) is 4.29. The van der Waals surface area contributed by atoms with Gasteiger partial charge >= 0.3 is 0 Å². The standard InChI is InChI=1S/C15H22BrN3O/c1-9(2)11(8-20)5-17-10(3)14-7-19-15-13(14)4-12(16)6-18-15/h4,6-7,9-11,17,20H,5,8H2,1-3H3,(H,18,19). The summed E-state index contributed by atoms with van der Waals surface area (Å²) < 4.78 is 0.980. The Kier molecular flexibility index (Phi) is 5.18. The first-order valence-electron chi connectivity index (χ1n) is 6.99. The summed E-state index contributed by atoms with van der Waals surface area (Å²) in [6.07, 6.45) is 3.80. The molecule has 2 unspecified atom stereocenters. The summed E-state index contributed by atoms with van der Waals surface area (Å²) in [5, 5.41) is 14.0. The fourth-order valence-corrected chi connectivity index (χ4v) is 2.64. The van der Waals surface area contributed by atoms with Crippen LogP contribution in [0.15, 0.2) is 22.9 Å². The monoisotopic (exact) mass is 339 g/mol. The van der Waals surface area contributed by atoms with E-state index in [1.807, 2.05) is 6.20 Å². The lowest BCUT2D eigenvalue weighted by Gasteiger charge is -2.21. The van der Waals surface area contributed by atoms with Gasteiger partial charge in [0.2, 0.25) is 0 Å². The maximum atomic E-state index is 9.39. The molecule has 3 N–H and O–H groups in total. The van der Waals surface area contributed by atoms with Crippen LogP contribution >= 0.6 is 15.9 Å². The zero-order chi connectivity index (χ0) is 14.7. The number of hydrogen-bond acceptors (Lipinski definition) is 3. The highest BCUT2D eigenvalue weighted by molar-refractivity contribution is 9.10. The molecular weight excluding hydrogens is 318 g/mol. The number of nitrogens with one attached hydrogen (secondary N) is 2. The fraction of sp³-hybridized carbons (Fsp3) is 0.533. The molecule has 4 nitrogen and oxygen atoms in total. The van der Waals surface area contributed by atoms with Crippen molar-refractivity contribution in [1.29, 1.82) is 0 Å². The molecule has 0 fully saturated rings. The van der Waals surface area contributed by atoms with Gasteiger partial charge in [0.1, 0.15) is 5.65 Å². The molecule has 0 bridgehead atoms. The van der Waals surface area contributed by atoms with Crippen LogP contribution in [0.25, 0.3) is 11.0 Å². The minimum Gasteiger partial charge on any atom is -0.396 e. The van der Waals surface area contributed by atoms with Crippen LogP contribution in [0.4, 0.5) is 0 Å². The number of aliphatic hydroxyl groups excluding tert-OH is 1. The van der Waals surface area contributed by atoms with Crippen molar-refractivity contribution in [3.63, 3.8) is 0 Å². The van der Waals surface area contributed by atoms with E-state index in [2.05, 4.69) is 58.1 Å². The number of aliphatic hydroxyl groups is 1. The summed E-state index contributed by atoms with van der Waals surface area (Å²) >= 11 is 3.46. The average Bonchev–Trinajstić information content (AvgIpc) is 2.81. The Labute approximate surface area is 128 Å². The smallest absolute Gasteiger partial charge is 0.137 e. The highest BCUT2D eigenvalue weighted by Gasteiger charge is 2.16. The largest absolute Gasteiger partial charge is 0.396 e. The molecule has 5 heteroatoms. The van der Waals surface area contributed by atoms with Gasteiger partial charge in [0.05, 0.1) is 0 Å². The van der Waals surface area contributed by atoms with Crippen LogP contribution in [-0.4, -0.2) is 28.2 Å². The SMILES string of the molecule is CC(NCC(CO)C(C)C)c1c[nH]c2ncc(Br)cc12. The molecule has 2 heterocycles. The highest BCUT2D eigenvalue weighted by Crippen LogP contribution is 2.25. The van der Waals surface area contributed by atoms with Gasteiger partial charge in [-0.25, -0.2) is 4.98 Å². The summed E-state index contributed by atoms with van der Waals surface area (Å²) in [4.78, 5) is 7.55. The van der Waals surface area contributed by atoms with E-state index >= 15 is 0 Å². The van der Waals surface area contributed by atoms with Crippen LogP contribution in [0.1, 0.15) is 32.4 Å². The van der Waals surface area contributed by atoms with Gasteiger partial charge in [-0.1, -0.05) is 13.8 Å². The molecule has 0 aliphatic heterocycles. The minimum absolute atomic E-state index is 0.215. The maximum Gasteiger partial charge on any atom is 0.137 e. The first-order valence-corrected chi connectivity index (χ1v) is 7.79. The van der Waals surface area contributed by atoms with Crippen molar-refractivity contribution in [3.8, 4) is 0 Å². The van der Waals surface area contributed by atoms with E-state index in [-0.39, 0.29) is 18.6 Å². The van der Waals surface area contributed by atoms with Crippen molar-refractivity contribution < 1.29 is 5.11 Å². The average molecular weight is 340 g/mol. The molecule has 2 aromatic rings. The number of pyridine rings is 1. The zero-order valence-electron chi connectivity index (χ0n) is 12.2. The Morgan fingerprint density at radius 3 is 2.80 bits per heavy atom. The van der Waals surface area contributed by atoms with Crippen LogP contribution in [0.3, 0.4) is 0 Å². The molecule has 0 aliphatic carbocycles. The first kappa shape index (κ1) is 15.5. The third-order valence-electron chi connectivity index (χ3n) is 3.86. The highest BCUT2D eigenvalue weighted by atomic mass is 79.9. The molecule has 110 valence electrons. The van der Waals surface area contributed by atoms with E-state index in [9.17, 15) is 5.11 Å². The van der Waals surface area contributed by atoms with Crippen molar-refractivity contribution in [2.75, 3.05) is 13.2 Å². The van der Waals surface area contributed by atoms with Crippen LogP contribution in [-0.2, 0) is 0 Å². The zero-order valence-corrected chi connectivity index (χ0v) is 13.7. The number of H-pyrrole nitrogens is 1. The van der Waals surface area contributed by atoms with Crippen molar-refractivity contribution >= 4 is 27.0 Å². The number of nitrogens with zero attached hydrogens (tertiary/aromatic N) is 1. The van der Waals surface area contributed by atoms with E-state index in [0.717, 1.165) is 22.1 Å². The predicted octanol–water partition coefficient (Wildman–Crippen LogP) is 3.24. The number of aromatic amines is 1. The third kappa shape index (κ3) is 3.40. The summed E-state index contributed by atoms with van der Waals surface area (Å²) in [5.41, 5.74) is 2.11. The molecule has 0 saturated carbocycles. The van der Waals surface area contributed by atoms with E-state index in [4.69, 9.17) is 0 Å². The number of fused-ring (bicyclic) bond motifs is 1. The number of halogens is 1. The van der Waals surface area contributed by atoms with Gasteiger partial charge in [0, 0.05) is 41.4 Å². The molecule has 0 aliphatic rings. The van der Waals surface area contributed by atoms with Gasteiger partial charge < -0.3 is 15.4 Å². The maximum absolute atomic E-state index is 9.39. The number of aromatic nitrogens is 2. The summed E-state index contributed by atoms with van der Waals surface area (Å²) in [6.45, 7) is 7.44. The molecule has 2 atom stereocenters. The van der Waals surface area contributed by atoms with E-state index in [0.29, 0.717) is 5.92 Å². The van der Waals surface area contributed by atoms with Crippen molar-refractivity contribution in [2.24, 2.45) is 11.8 Å². The Morgan fingerprint density at radius 2 is 2.15 bits per heavy atom. The second kappa shape index (κ2) is 6.70. The topological polar surface area (TPSA) is 60.9 Å². The summed E-state index contributed by atoms with van der Waals surface area (Å²) in [6, 6.07) is 2.30. The lowest BCUT2D eigenvalue weighted by Crippen LogP contribution is -2.30. The van der Waals surface area contributed by atoms with E-state index < -0.39 is 0 Å². The number of hydrogen-bond donors (Lipinski definition) is 3. The van der Waals surface area contributed by atoms with Crippen molar-refractivity contribution in [2.45, 2.75) is 26.8 Å². The Hall–Kier alpha value is -0.910. The Balaban J connectivity index is 2.11. The Morgan fingerprint density at radius 1 is 1.40 bits per heavy atom. The second-order valence-corrected chi connectivity index (χ2v) is 6.53. The van der Waals surface area contributed by atoms with Gasteiger partial charge in [-0.15, -0.1) is 0 Å². The van der Waals surface area contributed by atoms with Gasteiger partial charge in [-0.3, -0.25) is 0 Å². The molecule has 2 aromatic heterocycles. The second-order valence-electron chi connectivity index (χ2n) is 5.61. The number of rotatable bonds is 6. The van der Waals surface area contributed by atoms with Gasteiger partial charge in [0.25, 0.3) is 0 Å². The normalized spacial score (nSPS) is 14.9. The molecule has 0 radical (unpaired) electrons. The van der Waals surface area contributed by atoms with Crippen molar-refractivity contribution in [1.82, 2.24) is 15.3 Å². The summed E-state index contributed by atoms with van der Waals surface area (Å²) in [5.74, 6) is 0.756. The lowest BCUT2D eigenvalue weighted by atomic mass is 9.96. The van der Waals surface area contributed by atoms with Crippen LogP contribution < -0.4 is 5.32 Å². The fourth-order valence-electron chi connectivity index (χ4n) is 2.31. The van der Waals surface area contributed by atoms with Crippen LogP contribution in [0, 0.1) is 11.8 Å². The van der Waals surface area contributed by atoms with Crippen LogP contribution in [0.5, 0.6) is 0 Å². The van der Waals surface area contributed by atoms with E-state index in [1.54, 1.807) is 6.20 Å².